The molecule has 2 aromatic carbocycles. The molecule has 10 nitrogen and oxygen atoms in total. The number of hydrogen-bond donors (Lipinski definition) is 3. The molecule has 42 heavy (non-hydrogen) atoms. The van der Waals surface area contributed by atoms with Gasteiger partial charge in [0.15, 0.2) is 0 Å². The van der Waals surface area contributed by atoms with Crippen molar-refractivity contribution < 1.29 is 36.3 Å². The number of hydrogen-bond acceptors (Lipinski definition) is 7. The first-order valence-corrected chi connectivity index (χ1v) is 15.1. The molecule has 0 radical (unpaired) electrons. The minimum absolute atomic E-state index is 0.0663. The SMILES string of the molecule is CC(C)Cc1ccc(S(=O)(=O)Nc2cc(C(=O)N3CCN(C)CC3)ccc2N2CCNCC2)cc1.O=C(O)C(F)(F)F. The lowest BCUT2D eigenvalue weighted by molar-refractivity contribution is -0.192. The van der Waals surface area contributed by atoms with E-state index in [4.69, 9.17) is 9.90 Å². The Labute approximate surface area is 244 Å². The summed E-state index contributed by atoms with van der Waals surface area (Å²) in [5.74, 6) is -2.33. The summed E-state index contributed by atoms with van der Waals surface area (Å²) < 4.78 is 61.2. The van der Waals surface area contributed by atoms with E-state index >= 15 is 0 Å². The van der Waals surface area contributed by atoms with E-state index in [0.29, 0.717) is 30.3 Å². The van der Waals surface area contributed by atoms with Gasteiger partial charge >= 0.3 is 12.1 Å². The molecule has 3 N–H and O–H groups in total. The number of likely N-dealkylation sites (N-methyl/N-ethyl adjacent to an activating group) is 1. The third-order valence-electron chi connectivity index (χ3n) is 6.86. The van der Waals surface area contributed by atoms with Crippen LogP contribution in [0.15, 0.2) is 47.4 Å². The third-order valence-corrected chi connectivity index (χ3v) is 8.24. The van der Waals surface area contributed by atoms with Gasteiger partial charge in [-0.2, -0.15) is 13.2 Å². The number of carboxylic acid groups (broad SMARTS) is 1. The van der Waals surface area contributed by atoms with Crippen molar-refractivity contribution in [1.29, 1.82) is 0 Å². The minimum atomic E-state index is -5.08. The predicted octanol–water partition coefficient (Wildman–Crippen LogP) is 3.12. The topological polar surface area (TPSA) is 122 Å². The number of aliphatic carboxylic acids is 1. The van der Waals surface area contributed by atoms with Crippen LogP contribution in [0.25, 0.3) is 0 Å². The van der Waals surface area contributed by atoms with E-state index in [2.05, 4.69) is 33.7 Å². The zero-order valence-electron chi connectivity index (χ0n) is 23.9. The van der Waals surface area contributed by atoms with E-state index in [1.165, 1.54) is 0 Å². The van der Waals surface area contributed by atoms with Gasteiger partial charge in [0.25, 0.3) is 15.9 Å². The predicted molar refractivity (Wildman–Crippen MR) is 154 cm³/mol. The van der Waals surface area contributed by atoms with Crippen molar-refractivity contribution in [3.63, 3.8) is 0 Å². The fourth-order valence-electron chi connectivity index (χ4n) is 4.60. The summed E-state index contributed by atoms with van der Waals surface area (Å²) >= 11 is 0. The summed E-state index contributed by atoms with van der Waals surface area (Å²) in [6.45, 7) is 10.5. The molecule has 0 atom stereocenters. The molecule has 14 heteroatoms. The molecule has 0 aromatic heterocycles. The second kappa shape index (κ2) is 14.2. The average Bonchev–Trinajstić information content (AvgIpc) is 2.93. The first-order valence-electron chi connectivity index (χ1n) is 13.7. The van der Waals surface area contributed by atoms with Gasteiger partial charge in [-0.1, -0.05) is 26.0 Å². The molecule has 2 aliphatic heterocycles. The smallest absolute Gasteiger partial charge is 0.475 e. The molecule has 2 aromatic rings. The van der Waals surface area contributed by atoms with Crippen molar-refractivity contribution >= 4 is 33.3 Å². The van der Waals surface area contributed by atoms with Gasteiger partial charge < -0.3 is 25.1 Å². The fourth-order valence-corrected chi connectivity index (χ4v) is 5.67. The maximum absolute atomic E-state index is 13.3. The zero-order chi connectivity index (χ0) is 31.1. The van der Waals surface area contributed by atoms with Crippen LogP contribution in [0.5, 0.6) is 0 Å². The number of nitrogens with zero attached hydrogens (tertiary/aromatic N) is 3. The highest BCUT2D eigenvalue weighted by Gasteiger charge is 2.38. The van der Waals surface area contributed by atoms with Crippen molar-refractivity contribution in [2.45, 2.75) is 31.3 Å². The summed E-state index contributed by atoms with van der Waals surface area (Å²) in [4.78, 5) is 28.5. The van der Waals surface area contributed by atoms with Crippen LogP contribution in [0, 0.1) is 5.92 Å². The number of halogens is 3. The highest BCUT2D eigenvalue weighted by atomic mass is 32.2. The molecule has 0 unspecified atom stereocenters. The fraction of sp³-hybridized carbons (Fsp3) is 0.500. The van der Waals surface area contributed by atoms with Gasteiger partial charge in [0, 0.05) is 57.9 Å². The van der Waals surface area contributed by atoms with Crippen LogP contribution in [-0.2, 0) is 21.2 Å². The summed E-state index contributed by atoms with van der Waals surface area (Å²) in [7, 11) is -1.77. The molecular formula is C28H38F3N5O5S. The number of amides is 1. The number of rotatable bonds is 7. The molecule has 0 bridgehead atoms. The van der Waals surface area contributed by atoms with E-state index < -0.39 is 22.2 Å². The molecule has 0 spiro atoms. The summed E-state index contributed by atoms with van der Waals surface area (Å²) in [6, 6.07) is 12.4. The molecule has 2 saturated heterocycles. The van der Waals surface area contributed by atoms with Gasteiger partial charge in [-0.05, 0) is 55.3 Å². The largest absolute Gasteiger partial charge is 0.490 e. The standard InChI is InChI=1S/C26H37N5O3S.C2HF3O2/c1-20(2)18-21-4-7-23(8-5-21)35(33,34)28-24-19-22(26(32)31-16-14-29(3)15-17-31)6-9-25(24)30-12-10-27-11-13-30;3-2(4,5)1(6)7/h4-9,19-20,27-28H,10-18H2,1-3H3;(H,6,7). The number of sulfonamides is 1. The van der Waals surface area contributed by atoms with Crippen LogP contribution in [0.2, 0.25) is 0 Å². The van der Waals surface area contributed by atoms with E-state index in [1.54, 1.807) is 18.2 Å². The number of benzene rings is 2. The number of carbonyl (C=O) groups is 2. The lowest BCUT2D eigenvalue weighted by Gasteiger charge is -2.33. The van der Waals surface area contributed by atoms with Gasteiger partial charge in [0.2, 0.25) is 0 Å². The van der Waals surface area contributed by atoms with Crippen LogP contribution in [-0.4, -0.2) is 101 Å². The first-order chi connectivity index (χ1) is 19.7. The minimum Gasteiger partial charge on any atom is -0.475 e. The third kappa shape index (κ3) is 9.33. The molecule has 0 aliphatic carbocycles. The lowest BCUT2D eigenvalue weighted by Crippen LogP contribution is -2.47. The molecule has 232 valence electrons. The summed E-state index contributed by atoms with van der Waals surface area (Å²) in [5.41, 5.74) is 2.85. The number of carbonyl (C=O) groups excluding carboxylic acids is 1. The Balaban J connectivity index is 0.000000616. The van der Waals surface area contributed by atoms with Crippen molar-refractivity contribution in [1.82, 2.24) is 15.1 Å². The van der Waals surface area contributed by atoms with Crippen molar-refractivity contribution in [3.8, 4) is 0 Å². The second-order valence-electron chi connectivity index (χ2n) is 10.7. The first kappa shape index (κ1) is 33.1. The quantitative estimate of drug-likeness (QED) is 0.436. The van der Waals surface area contributed by atoms with Crippen LogP contribution < -0.4 is 14.9 Å². The monoisotopic (exact) mass is 613 g/mol. The Morgan fingerprint density at radius 3 is 2.07 bits per heavy atom. The maximum atomic E-state index is 13.3. The average molecular weight is 614 g/mol. The summed E-state index contributed by atoms with van der Waals surface area (Å²) in [6.07, 6.45) is -4.18. The van der Waals surface area contributed by atoms with Gasteiger partial charge in [-0.3, -0.25) is 9.52 Å². The van der Waals surface area contributed by atoms with Gasteiger partial charge in [0.1, 0.15) is 0 Å². The maximum Gasteiger partial charge on any atom is 0.490 e. The van der Waals surface area contributed by atoms with Crippen LogP contribution in [0.4, 0.5) is 24.5 Å². The second-order valence-corrected chi connectivity index (χ2v) is 12.4. The van der Waals surface area contributed by atoms with Gasteiger partial charge in [-0.25, -0.2) is 13.2 Å². The molecule has 2 fully saturated rings. The Bertz CT molecular complexity index is 1320. The molecule has 4 rings (SSSR count). The number of alkyl halides is 3. The van der Waals surface area contributed by atoms with Crippen LogP contribution in [0.3, 0.4) is 0 Å². The molecule has 2 heterocycles. The Hall–Kier alpha value is -3.36. The molecule has 1 amide bonds. The van der Waals surface area contributed by atoms with Gasteiger partial charge in [-0.15, -0.1) is 0 Å². The van der Waals surface area contributed by atoms with Crippen LogP contribution in [0.1, 0.15) is 29.8 Å². The number of anilines is 2. The van der Waals surface area contributed by atoms with Gasteiger partial charge in [0.05, 0.1) is 16.3 Å². The number of carboxylic acids is 1. The molecular weight excluding hydrogens is 575 g/mol. The number of nitrogens with one attached hydrogen (secondary N) is 2. The highest BCUT2D eigenvalue weighted by molar-refractivity contribution is 7.92. The van der Waals surface area contributed by atoms with Crippen molar-refractivity contribution in [3.05, 3.63) is 53.6 Å². The van der Waals surface area contributed by atoms with E-state index in [-0.39, 0.29) is 10.8 Å². The Kier molecular flexibility index (Phi) is 11.2. The van der Waals surface area contributed by atoms with Crippen LogP contribution >= 0.6 is 0 Å². The van der Waals surface area contributed by atoms with Crippen molar-refractivity contribution in [2.75, 3.05) is 69.0 Å². The summed E-state index contributed by atoms with van der Waals surface area (Å²) in [5, 5.41) is 10.5. The normalized spacial score (nSPS) is 16.5. The Morgan fingerprint density at radius 1 is 0.976 bits per heavy atom. The molecule has 0 saturated carbocycles. The number of piperazine rings is 2. The highest BCUT2D eigenvalue weighted by Crippen LogP contribution is 2.31. The van der Waals surface area contributed by atoms with E-state index in [1.807, 2.05) is 36.2 Å². The molecule has 2 aliphatic rings. The van der Waals surface area contributed by atoms with E-state index in [0.717, 1.165) is 56.9 Å². The lowest BCUT2D eigenvalue weighted by atomic mass is 10.0. The van der Waals surface area contributed by atoms with E-state index in [9.17, 15) is 26.4 Å². The zero-order valence-corrected chi connectivity index (χ0v) is 24.8. The van der Waals surface area contributed by atoms with Crippen molar-refractivity contribution in [2.24, 2.45) is 5.92 Å². The Morgan fingerprint density at radius 2 is 1.55 bits per heavy atom.